The van der Waals surface area contributed by atoms with Crippen molar-refractivity contribution in [2.75, 3.05) is 13.1 Å². The van der Waals surface area contributed by atoms with Gasteiger partial charge in [-0.25, -0.2) is 8.42 Å². The van der Waals surface area contributed by atoms with Gasteiger partial charge in [-0.2, -0.15) is 9.40 Å². The molecule has 0 saturated carbocycles. The Morgan fingerprint density at radius 2 is 2.12 bits per heavy atom. The average Bonchev–Trinajstić information content (AvgIpc) is 2.78. The van der Waals surface area contributed by atoms with E-state index in [-0.39, 0.29) is 10.9 Å². The zero-order chi connectivity index (χ0) is 12.5. The van der Waals surface area contributed by atoms with Gasteiger partial charge in [0.1, 0.15) is 4.90 Å². The number of rotatable bonds is 3. The minimum Gasteiger partial charge on any atom is -0.328 e. The number of nitrogens with zero attached hydrogens (tertiary/aromatic N) is 3. The molecule has 0 bridgehead atoms. The normalized spacial score (nSPS) is 19.6. The molecule has 0 aliphatic carbocycles. The second-order valence-corrected chi connectivity index (χ2v) is 6.21. The van der Waals surface area contributed by atoms with E-state index in [1.165, 1.54) is 10.5 Å². The van der Waals surface area contributed by atoms with Gasteiger partial charge in [-0.3, -0.25) is 4.68 Å². The second kappa shape index (κ2) is 4.75. The molecule has 0 aromatic carbocycles. The number of sulfonamides is 1. The molecule has 1 aromatic rings. The first kappa shape index (κ1) is 12.5. The van der Waals surface area contributed by atoms with Crippen LogP contribution in [-0.4, -0.2) is 41.6 Å². The summed E-state index contributed by atoms with van der Waals surface area (Å²) in [5.74, 6) is 0. The van der Waals surface area contributed by atoms with Crippen molar-refractivity contribution in [2.45, 2.75) is 37.2 Å². The maximum absolute atomic E-state index is 12.3. The number of piperidine rings is 1. The van der Waals surface area contributed by atoms with Crippen LogP contribution in [0.5, 0.6) is 0 Å². The summed E-state index contributed by atoms with van der Waals surface area (Å²) in [5.41, 5.74) is 5.77. The molecule has 17 heavy (non-hydrogen) atoms. The summed E-state index contributed by atoms with van der Waals surface area (Å²) in [6.07, 6.45) is 4.43. The van der Waals surface area contributed by atoms with Crippen LogP contribution in [0.4, 0.5) is 0 Å². The van der Waals surface area contributed by atoms with E-state index < -0.39 is 10.0 Å². The van der Waals surface area contributed by atoms with Crippen LogP contribution in [0.25, 0.3) is 0 Å². The van der Waals surface area contributed by atoms with Gasteiger partial charge in [-0.1, -0.05) is 0 Å². The lowest BCUT2D eigenvalue weighted by atomic mass is 10.1. The van der Waals surface area contributed by atoms with Crippen LogP contribution >= 0.6 is 0 Å². The van der Waals surface area contributed by atoms with Crippen LogP contribution in [0.2, 0.25) is 0 Å². The van der Waals surface area contributed by atoms with Crippen molar-refractivity contribution in [3.63, 3.8) is 0 Å². The van der Waals surface area contributed by atoms with Gasteiger partial charge in [-0.05, 0) is 19.8 Å². The lowest BCUT2D eigenvalue weighted by Gasteiger charge is -2.28. The maximum atomic E-state index is 12.3. The molecule has 1 aliphatic rings. The van der Waals surface area contributed by atoms with Crippen molar-refractivity contribution in [3.8, 4) is 0 Å². The highest BCUT2D eigenvalue weighted by Crippen LogP contribution is 2.19. The molecule has 2 heterocycles. The Balaban J connectivity index is 2.18. The van der Waals surface area contributed by atoms with Crippen molar-refractivity contribution >= 4 is 10.0 Å². The Bertz CT molecular complexity index is 474. The van der Waals surface area contributed by atoms with Gasteiger partial charge in [0.2, 0.25) is 10.0 Å². The Kier molecular flexibility index (Phi) is 3.50. The summed E-state index contributed by atoms with van der Waals surface area (Å²) in [6.45, 7) is 3.59. The largest absolute Gasteiger partial charge is 0.328 e. The fourth-order valence-corrected chi connectivity index (χ4v) is 3.34. The maximum Gasteiger partial charge on any atom is 0.246 e. The molecule has 0 unspecified atom stereocenters. The SMILES string of the molecule is CCn1cc(S(=O)(=O)N2CCC(N)CC2)cn1. The van der Waals surface area contributed by atoms with Gasteiger partial charge in [0.15, 0.2) is 0 Å². The molecule has 0 radical (unpaired) electrons. The molecular weight excluding hydrogens is 240 g/mol. The number of nitrogens with two attached hydrogens (primary N) is 1. The van der Waals surface area contributed by atoms with Gasteiger partial charge in [0.05, 0.1) is 6.20 Å². The lowest BCUT2D eigenvalue weighted by molar-refractivity contribution is 0.320. The van der Waals surface area contributed by atoms with Gasteiger partial charge >= 0.3 is 0 Å². The summed E-state index contributed by atoms with van der Waals surface area (Å²) >= 11 is 0. The van der Waals surface area contributed by atoms with Gasteiger partial charge < -0.3 is 5.73 Å². The first-order valence-corrected chi connectivity index (χ1v) is 7.26. The van der Waals surface area contributed by atoms with Crippen LogP contribution in [-0.2, 0) is 16.6 Å². The van der Waals surface area contributed by atoms with Crippen LogP contribution in [0.3, 0.4) is 0 Å². The molecule has 0 atom stereocenters. The third-order valence-electron chi connectivity index (χ3n) is 3.07. The monoisotopic (exact) mass is 258 g/mol. The number of aryl methyl sites for hydroxylation is 1. The minimum atomic E-state index is -3.38. The third-order valence-corrected chi connectivity index (χ3v) is 4.92. The van der Waals surface area contributed by atoms with Crippen LogP contribution in [0.15, 0.2) is 17.3 Å². The second-order valence-electron chi connectivity index (χ2n) is 4.27. The molecule has 2 rings (SSSR count). The summed E-state index contributed by atoms with van der Waals surface area (Å²) < 4.78 is 27.6. The Labute approximate surface area is 101 Å². The smallest absolute Gasteiger partial charge is 0.246 e. The highest BCUT2D eigenvalue weighted by Gasteiger charge is 2.29. The summed E-state index contributed by atoms with van der Waals surface area (Å²) in [6, 6.07) is 0.125. The first-order valence-electron chi connectivity index (χ1n) is 5.82. The molecule has 96 valence electrons. The molecule has 0 amide bonds. The first-order chi connectivity index (χ1) is 8.04. The van der Waals surface area contributed by atoms with E-state index in [1.807, 2.05) is 6.92 Å². The standard InChI is InChI=1S/C10H18N4O2S/c1-2-13-8-10(7-12-13)17(15,16)14-5-3-9(11)4-6-14/h7-9H,2-6,11H2,1H3. The minimum absolute atomic E-state index is 0.125. The van der Waals surface area contributed by atoms with Crippen molar-refractivity contribution in [1.82, 2.24) is 14.1 Å². The highest BCUT2D eigenvalue weighted by atomic mass is 32.2. The summed E-state index contributed by atoms with van der Waals surface area (Å²) in [4.78, 5) is 0.273. The molecular formula is C10H18N4O2S. The molecule has 7 heteroatoms. The highest BCUT2D eigenvalue weighted by molar-refractivity contribution is 7.89. The zero-order valence-corrected chi connectivity index (χ0v) is 10.7. The van der Waals surface area contributed by atoms with Crippen molar-refractivity contribution in [1.29, 1.82) is 0 Å². The fraction of sp³-hybridized carbons (Fsp3) is 0.700. The van der Waals surface area contributed by atoms with Gasteiger partial charge in [-0.15, -0.1) is 0 Å². The molecule has 1 aromatic heterocycles. The van der Waals surface area contributed by atoms with Crippen LogP contribution in [0, 0.1) is 0 Å². The quantitative estimate of drug-likeness (QED) is 0.828. The van der Waals surface area contributed by atoms with E-state index in [1.54, 1.807) is 10.9 Å². The third kappa shape index (κ3) is 2.51. The predicted molar refractivity (Wildman–Crippen MR) is 63.9 cm³/mol. The molecule has 1 saturated heterocycles. The number of aromatic nitrogens is 2. The van der Waals surface area contributed by atoms with Crippen molar-refractivity contribution < 1.29 is 8.42 Å². The zero-order valence-electron chi connectivity index (χ0n) is 9.91. The van der Waals surface area contributed by atoms with E-state index in [4.69, 9.17) is 5.73 Å². The fourth-order valence-electron chi connectivity index (χ4n) is 1.92. The van der Waals surface area contributed by atoms with E-state index in [0.717, 1.165) is 12.8 Å². The van der Waals surface area contributed by atoms with E-state index in [0.29, 0.717) is 19.6 Å². The van der Waals surface area contributed by atoms with E-state index in [2.05, 4.69) is 5.10 Å². The van der Waals surface area contributed by atoms with Crippen molar-refractivity contribution in [2.24, 2.45) is 5.73 Å². The van der Waals surface area contributed by atoms with Gasteiger partial charge in [0, 0.05) is 31.9 Å². The number of hydrogen-bond donors (Lipinski definition) is 1. The predicted octanol–water partition coefficient (Wildman–Crippen LogP) is 0.0148. The Morgan fingerprint density at radius 1 is 1.47 bits per heavy atom. The van der Waals surface area contributed by atoms with Gasteiger partial charge in [0.25, 0.3) is 0 Å². The average molecular weight is 258 g/mol. The molecule has 1 aliphatic heterocycles. The topological polar surface area (TPSA) is 81.2 Å². The molecule has 1 fully saturated rings. The van der Waals surface area contributed by atoms with Crippen LogP contribution < -0.4 is 5.73 Å². The Hall–Kier alpha value is -0.920. The lowest BCUT2D eigenvalue weighted by Crippen LogP contribution is -2.42. The van der Waals surface area contributed by atoms with Crippen molar-refractivity contribution in [3.05, 3.63) is 12.4 Å². The number of hydrogen-bond acceptors (Lipinski definition) is 4. The Morgan fingerprint density at radius 3 is 2.65 bits per heavy atom. The van der Waals surface area contributed by atoms with E-state index in [9.17, 15) is 8.42 Å². The van der Waals surface area contributed by atoms with E-state index >= 15 is 0 Å². The molecule has 6 nitrogen and oxygen atoms in total. The summed E-state index contributed by atoms with van der Waals surface area (Å²) in [5, 5.41) is 4.00. The molecule has 0 spiro atoms. The van der Waals surface area contributed by atoms with Crippen LogP contribution in [0.1, 0.15) is 19.8 Å². The molecule has 2 N–H and O–H groups in total. The summed E-state index contributed by atoms with van der Waals surface area (Å²) in [7, 11) is -3.38.